The highest BCUT2D eigenvalue weighted by Crippen LogP contribution is 2.13. The Kier molecular flexibility index (Phi) is 13.3. The molecule has 2 atom stereocenters. The van der Waals surface area contributed by atoms with Crippen LogP contribution in [0.5, 0.6) is 0 Å². The highest BCUT2D eigenvalue weighted by molar-refractivity contribution is 5.81. The molecule has 0 saturated heterocycles. The highest BCUT2D eigenvalue weighted by atomic mass is 16.5. The van der Waals surface area contributed by atoms with Crippen LogP contribution >= 0.6 is 0 Å². The zero-order valence-electron chi connectivity index (χ0n) is 10.5. The zero-order valence-corrected chi connectivity index (χ0v) is 10.5. The van der Waals surface area contributed by atoms with Crippen molar-refractivity contribution in [3.05, 3.63) is 12.2 Å². The lowest BCUT2D eigenvalue weighted by molar-refractivity contribution is -0.191. The summed E-state index contributed by atoms with van der Waals surface area (Å²) in [5, 5.41) is 9.56. The molecule has 5 nitrogen and oxygen atoms in total. The van der Waals surface area contributed by atoms with Gasteiger partial charge in [0, 0.05) is 12.0 Å². The maximum atomic E-state index is 11.0. The van der Waals surface area contributed by atoms with Gasteiger partial charge in [0.2, 0.25) is 0 Å². The first-order chi connectivity index (χ1) is 8.06. The minimum absolute atomic E-state index is 0.0457. The molecule has 5 heteroatoms. The van der Waals surface area contributed by atoms with Gasteiger partial charge in [-0.3, -0.25) is 0 Å². The Labute approximate surface area is 101 Å². The summed E-state index contributed by atoms with van der Waals surface area (Å²) >= 11 is 0. The van der Waals surface area contributed by atoms with Crippen LogP contribution in [0.2, 0.25) is 0 Å². The molecule has 0 heterocycles. The van der Waals surface area contributed by atoms with E-state index in [-0.39, 0.29) is 24.1 Å². The van der Waals surface area contributed by atoms with Crippen molar-refractivity contribution < 1.29 is 24.2 Å². The number of rotatable bonds is 6. The molecule has 0 fully saturated rings. The molecule has 1 N–H and O–H groups in total. The number of hydrogen-bond acceptors (Lipinski definition) is 5. The number of carbonyl (C=O) groups is 1. The van der Waals surface area contributed by atoms with E-state index >= 15 is 0 Å². The molecule has 0 aliphatic carbocycles. The first-order valence-corrected chi connectivity index (χ1v) is 5.59. The Balaban J connectivity index is 0. The van der Waals surface area contributed by atoms with E-state index in [2.05, 4.69) is 0 Å². The second-order valence-corrected chi connectivity index (χ2v) is 3.24. The molecule has 0 aliphatic rings. The smallest absolute Gasteiger partial charge is 0.373 e. The van der Waals surface area contributed by atoms with Crippen LogP contribution in [0.15, 0.2) is 12.2 Å². The summed E-state index contributed by atoms with van der Waals surface area (Å²) in [4.78, 5) is 27.2. The lowest BCUT2D eigenvalue weighted by atomic mass is 9.97. The summed E-state index contributed by atoms with van der Waals surface area (Å²) in [6.07, 6.45) is 4.53. The van der Waals surface area contributed by atoms with E-state index in [1.54, 1.807) is 13.0 Å². The summed E-state index contributed by atoms with van der Waals surface area (Å²) in [6.45, 7) is 6.06. The van der Waals surface area contributed by atoms with Gasteiger partial charge < -0.3 is 9.84 Å². The molecule has 0 aromatic rings. The Morgan fingerprint density at radius 2 is 1.82 bits per heavy atom. The standard InChI is InChI=1S/C11H20O3.CO2/c1-4-9(10(12)5-2)7-8-11(13)14-6-3;2-1-3/h7-10,12H,4-6H2,1-3H3;/b8-7+;/t9-,10+;/m1./s1. The summed E-state index contributed by atoms with van der Waals surface area (Å²) in [5.41, 5.74) is 0. The van der Waals surface area contributed by atoms with Crippen LogP contribution in [0, 0.1) is 5.92 Å². The van der Waals surface area contributed by atoms with Crippen molar-refractivity contribution in [1.82, 2.24) is 0 Å². The van der Waals surface area contributed by atoms with Crippen LogP contribution in [-0.4, -0.2) is 29.9 Å². The van der Waals surface area contributed by atoms with E-state index in [0.717, 1.165) is 6.42 Å². The largest absolute Gasteiger partial charge is 0.463 e. The van der Waals surface area contributed by atoms with Crippen molar-refractivity contribution in [2.45, 2.75) is 39.7 Å². The average molecular weight is 244 g/mol. The molecular weight excluding hydrogens is 224 g/mol. The van der Waals surface area contributed by atoms with Crippen LogP contribution in [0.4, 0.5) is 0 Å². The number of hydrogen-bond donors (Lipinski definition) is 1. The van der Waals surface area contributed by atoms with E-state index in [9.17, 15) is 9.90 Å². The highest BCUT2D eigenvalue weighted by Gasteiger charge is 2.12. The van der Waals surface area contributed by atoms with Gasteiger partial charge in [0.15, 0.2) is 0 Å². The Bertz CT molecular complexity index is 254. The van der Waals surface area contributed by atoms with Crippen LogP contribution in [-0.2, 0) is 19.1 Å². The van der Waals surface area contributed by atoms with E-state index < -0.39 is 0 Å². The fourth-order valence-electron chi connectivity index (χ4n) is 1.23. The van der Waals surface area contributed by atoms with Crippen molar-refractivity contribution >= 4 is 12.1 Å². The number of esters is 1. The molecule has 98 valence electrons. The number of aliphatic hydroxyl groups excluding tert-OH is 1. The lowest BCUT2D eigenvalue weighted by Crippen LogP contribution is -2.17. The molecule has 17 heavy (non-hydrogen) atoms. The van der Waals surface area contributed by atoms with Gasteiger partial charge in [0.25, 0.3) is 0 Å². The molecule has 0 rings (SSSR count). The van der Waals surface area contributed by atoms with Gasteiger partial charge in [0.1, 0.15) is 0 Å². The van der Waals surface area contributed by atoms with Crippen molar-refractivity contribution in [2.24, 2.45) is 5.92 Å². The maximum Gasteiger partial charge on any atom is 0.373 e. The van der Waals surface area contributed by atoms with Crippen LogP contribution in [0.1, 0.15) is 33.6 Å². The van der Waals surface area contributed by atoms with Crippen LogP contribution in [0.3, 0.4) is 0 Å². The predicted octanol–water partition coefficient (Wildman–Crippen LogP) is 1.32. The minimum Gasteiger partial charge on any atom is -0.463 e. The molecule has 0 amide bonds. The Morgan fingerprint density at radius 1 is 1.29 bits per heavy atom. The maximum absolute atomic E-state index is 11.0. The molecular formula is C12H20O5. The second kappa shape index (κ2) is 12.6. The third-order valence-corrected chi connectivity index (χ3v) is 2.15. The predicted molar refractivity (Wildman–Crippen MR) is 60.9 cm³/mol. The van der Waals surface area contributed by atoms with Gasteiger partial charge in [-0.25, -0.2) is 4.79 Å². The average Bonchev–Trinajstić information content (AvgIpc) is 2.30. The summed E-state index contributed by atoms with van der Waals surface area (Å²) in [6, 6.07) is 0. The molecule has 0 radical (unpaired) electrons. The van der Waals surface area contributed by atoms with Crippen LogP contribution < -0.4 is 0 Å². The molecule has 0 aliphatic heterocycles. The Hall–Kier alpha value is -1.45. The molecule has 0 bridgehead atoms. The molecule has 0 aromatic heterocycles. The molecule has 0 unspecified atom stereocenters. The van der Waals surface area contributed by atoms with Gasteiger partial charge in [0.05, 0.1) is 12.7 Å². The van der Waals surface area contributed by atoms with Gasteiger partial charge in [-0.2, -0.15) is 9.59 Å². The summed E-state index contributed by atoms with van der Waals surface area (Å²) < 4.78 is 4.74. The monoisotopic (exact) mass is 244 g/mol. The molecule has 0 aromatic carbocycles. The number of aliphatic hydroxyl groups is 1. The molecule has 0 spiro atoms. The third kappa shape index (κ3) is 10.8. The topological polar surface area (TPSA) is 80.7 Å². The number of carbonyl (C=O) groups excluding carboxylic acids is 3. The fraction of sp³-hybridized carbons (Fsp3) is 0.667. The summed E-state index contributed by atoms with van der Waals surface area (Å²) in [5.74, 6) is -0.293. The van der Waals surface area contributed by atoms with Crippen molar-refractivity contribution in [2.75, 3.05) is 6.61 Å². The van der Waals surface area contributed by atoms with Gasteiger partial charge in [-0.1, -0.05) is 19.9 Å². The number of ether oxygens (including phenoxy) is 1. The molecule has 0 saturated carbocycles. The first-order valence-electron chi connectivity index (χ1n) is 5.59. The third-order valence-electron chi connectivity index (χ3n) is 2.15. The second-order valence-electron chi connectivity index (χ2n) is 3.24. The zero-order chi connectivity index (χ0) is 13.7. The normalized spacial score (nSPS) is 13.2. The fourth-order valence-corrected chi connectivity index (χ4v) is 1.23. The quantitative estimate of drug-likeness (QED) is 0.563. The summed E-state index contributed by atoms with van der Waals surface area (Å²) in [7, 11) is 0. The van der Waals surface area contributed by atoms with Crippen LogP contribution in [0.25, 0.3) is 0 Å². The van der Waals surface area contributed by atoms with E-state index in [1.165, 1.54) is 6.08 Å². The van der Waals surface area contributed by atoms with E-state index in [1.807, 2.05) is 13.8 Å². The van der Waals surface area contributed by atoms with Crippen molar-refractivity contribution in [3.63, 3.8) is 0 Å². The van der Waals surface area contributed by atoms with E-state index in [4.69, 9.17) is 14.3 Å². The van der Waals surface area contributed by atoms with Gasteiger partial charge in [-0.15, -0.1) is 0 Å². The lowest BCUT2D eigenvalue weighted by Gasteiger charge is -2.15. The van der Waals surface area contributed by atoms with Gasteiger partial charge in [-0.05, 0) is 19.8 Å². The minimum atomic E-state index is -0.370. The van der Waals surface area contributed by atoms with Gasteiger partial charge >= 0.3 is 12.1 Å². The SMILES string of the molecule is CCOC(=O)/C=C/[C@@H](CC)[C@@H](O)CC.O=C=O. The Morgan fingerprint density at radius 3 is 2.18 bits per heavy atom. The van der Waals surface area contributed by atoms with Crippen molar-refractivity contribution in [1.29, 1.82) is 0 Å². The van der Waals surface area contributed by atoms with E-state index in [0.29, 0.717) is 13.0 Å². The van der Waals surface area contributed by atoms with Crippen molar-refractivity contribution in [3.8, 4) is 0 Å². The first kappa shape index (κ1) is 17.9.